The molecule has 1 N–H and O–H groups in total. The monoisotopic (exact) mass is 329 g/mol. The first-order chi connectivity index (χ1) is 7.60. The zero-order valence-electron chi connectivity index (χ0n) is 8.90. The second kappa shape index (κ2) is 5.75. The van der Waals surface area contributed by atoms with Crippen LogP contribution in [0.4, 0.5) is 0 Å². The van der Waals surface area contributed by atoms with Crippen molar-refractivity contribution >= 4 is 28.5 Å². The van der Waals surface area contributed by atoms with Gasteiger partial charge >= 0.3 is 0 Å². The number of rotatable bonds is 3. The third-order valence-electron chi connectivity index (χ3n) is 2.14. The number of carbonyl (C=O) groups is 1. The number of carbonyl (C=O) groups excluding carboxylic acids is 1. The average Bonchev–Trinajstić information content (AvgIpc) is 2.28. The van der Waals surface area contributed by atoms with E-state index in [2.05, 4.69) is 5.92 Å². The highest BCUT2D eigenvalue weighted by Crippen LogP contribution is 2.21. The molecular weight excluding hydrogens is 317 g/mol. The maximum Gasteiger partial charge on any atom is 0.254 e. The maximum absolute atomic E-state index is 11.9. The van der Waals surface area contributed by atoms with Crippen molar-refractivity contribution in [2.45, 2.75) is 6.92 Å². The lowest BCUT2D eigenvalue weighted by atomic mass is 10.2. The molecule has 1 aromatic carbocycles. The van der Waals surface area contributed by atoms with Gasteiger partial charge in [0.25, 0.3) is 5.91 Å². The van der Waals surface area contributed by atoms with Crippen LogP contribution < -0.4 is 0 Å². The van der Waals surface area contributed by atoms with Crippen LogP contribution in [0.15, 0.2) is 18.2 Å². The van der Waals surface area contributed by atoms with E-state index in [9.17, 15) is 9.90 Å². The Hall–Kier alpha value is -1.22. The molecule has 0 atom stereocenters. The summed E-state index contributed by atoms with van der Waals surface area (Å²) >= 11 is 2.00. The summed E-state index contributed by atoms with van der Waals surface area (Å²) in [5.74, 6) is 2.39. The van der Waals surface area contributed by atoms with Gasteiger partial charge in [0.1, 0.15) is 5.75 Å². The summed E-state index contributed by atoms with van der Waals surface area (Å²) in [5.41, 5.74) is 0.454. The van der Waals surface area contributed by atoms with E-state index in [4.69, 9.17) is 6.42 Å². The minimum Gasteiger partial charge on any atom is -0.507 e. The van der Waals surface area contributed by atoms with Crippen molar-refractivity contribution < 1.29 is 9.90 Å². The lowest BCUT2D eigenvalue weighted by Crippen LogP contribution is -2.31. The molecule has 0 aromatic heterocycles. The number of amides is 1. The number of hydrogen-bond donors (Lipinski definition) is 1. The first-order valence-corrected chi connectivity index (χ1v) is 5.89. The summed E-state index contributed by atoms with van der Waals surface area (Å²) in [6, 6.07) is 4.85. The molecule has 0 unspecified atom stereocenters. The van der Waals surface area contributed by atoms with Gasteiger partial charge in [-0.3, -0.25) is 4.79 Å². The molecule has 4 heteroatoms. The van der Waals surface area contributed by atoms with Crippen molar-refractivity contribution in [3.05, 3.63) is 27.3 Å². The molecule has 16 heavy (non-hydrogen) atoms. The molecule has 0 aliphatic carbocycles. The van der Waals surface area contributed by atoms with E-state index in [0.29, 0.717) is 15.7 Å². The highest BCUT2D eigenvalue weighted by atomic mass is 127. The van der Waals surface area contributed by atoms with Gasteiger partial charge in [-0.15, -0.1) is 6.42 Å². The van der Waals surface area contributed by atoms with Gasteiger partial charge in [-0.1, -0.05) is 5.92 Å². The second-order valence-corrected chi connectivity index (χ2v) is 4.35. The first kappa shape index (κ1) is 12.8. The number of halogens is 1. The van der Waals surface area contributed by atoms with Gasteiger partial charge in [0.2, 0.25) is 0 Å². The van der Waals surface area contributed by atoms with E-state index in [1.807, 2.05) is 29.5 Å². The minimum atomic E-state index is -0.160. The van der Waals surface area contributed by atoms with Crippen molar-refractivity contribution in [3.63, 3.8) is 0 Å². The predicted molar refractivity (Wildman–Crippen MR) is 71.2 cm³/mol. The van der Waals surface area contributed by atoms with Crippen LogP contribution in [-0.2, 0) is 0 Å². The molecule has 0 aliphatic rings. The molecular formula is C12H12INO2. The number of benzene rings is 1. The third kappa shape index (κ3) is 2.89. The maximum atomic E-state index is 11.9. The SMILES string of the molecule is C#CCN(CC)C(=O)c1ccc(I)c(O)c1. The van der Waals surface area contributed by atoms with Crippen molar-refractivity contribution in [2.75, 3.05) is 13.1 Å². The fourth-order valence-electron chi connectivity index (χ4n) is 1.27. The highest BCUT2D eigenvalue weighted by Gasteiger charge is 2.14. The summed E-state index contributed by atoms with van der Waals surface area (Å²) in [4.78, 5) is 13.5. The Kier molecular flexibility index (Phi) is 4.62. The number of phenolic OH excluding ortho intramolecular Hbond substituents is 1. The van der Waals surface area contributed by atoms with E-state index < -0.39 is 0 Å². The molecule has 0 fully saturated rings. The van der Waals surface area contributed by atoms with E-state index in [1.54, 1.807) is 17.0 Å². The van der Waals surface area contributed by atoms with Crippen LogP contribution in [0.2, 0.25) is 0 Å². The quantitative estimate of drug-likeness (QED) is 0.681. The lowest BCUT2D eigenvalue weighted by molar-refractivity contribution is 0.0784. The zero-order valence-corrected chi connectivity index (χ0v) is 11.1. The number of phenols is 1. The Morgan fingerprint density at radius 1 is 1.62 bits per heavy atom. The van der Waals surface area contributed by atoms with Crippen molar-refractivity contribution in [1.82, 2.24) is 4.90 Å². The number of hydrogen-bond acceptors (Lipinski definition) is 2. The topological polar surface area (TPSA) is 40.5 Å². The molecule has 0 saturated heterocycles. The van der Waals surface area contributed by atoms with Crippen LogP contribution >= 0.6 is 22.6 Å². The Labute approximate surface area is 109 Å². The van der Waals surface area contributed by atoms with Crippen molar-refractivity contribution in [1.29, 1.82) is 0 Å². The summed E-state index contributed by atoms with van der Waals surface area (Å²) in [7, 11) is 0. The summed E-state index contributed by atoms with van der Waals surface area (Å²) in [6.45, 7) is 2.69. The lowest BCUT2D eigenvalue weighted by Gasteiger charge is -2.18. The number of terminal acetylenes is 1. The van der Waals surface area contributed by atoms with Crippen LogP contribution in [0.3, 0.4) is 0 Å². The van der Waals surface area contributed by atoms with Crippen LogP contribution in [0, 0.1) is 15.9 Å². The Morgan fingerprint density at radius 2 is 2.31 bits per heavy atom. The normalized spacial score (nSPS) is 9.56. The molecule has 0 radical (unpaired) electrons. The number of nitrogens with zero attached hydrogens (tertiary/aromatic N) is 1. The van der Waals surface area contributed by atoms with E-state index in [1.165, 1.54) is 6.07 Å². The molecule has 84 valence electrons. The van der Waals surface area contributed by atoms with Crippen molar-refractivity contribution in [2.24, 2.45) is 0 Å². The van der Waals surface area contributed by atoms with Crippen LogP contribution in [0.1, 0.15) is 17.3 Å². The number of aromatic hydroxyl groups is 1. The molecule has 3 nitrogen and oxygen atoms in total. The van der Waals surface area contributed by atoms with E-state index >= 15 is 0 Å². The van der Waals surface area contributed by atoms with Gasteiger partial charge in [0.05, 0.1) is 10.1 Å². The Morgan fingerprint density at radius 3 is 2.81 bits per heavy atom. The summed E-state index contributed by atoms with van der Waals surface area (Å²) in [6.07, 6.45) is 5.18. The summed E-state index contributed by atoms with van der Waals surface area (Å²) in [5, 5.41) is 9.51. The van der Waals surface area contributed by atoms with Crippen LogP contribution in [0.5, 0.6) is 5.75 Å². The molecule has 0 bridgehead atoms. The predicted octanol–water partition coefficient (Wildman–Crippen LogP) is 2.09. The molecule has 0 saturated carbocycles. The molecule has 0 aliphatic heterocycles. The fraction of sp³-hybridized carbons (Fsp3) is 0.250. The van der Waals surface area contributed by atoms with Gasteiger partial charge < -0.3 is 10.0 Å². The minimum absolute atomic E-state index is 0.114. The highest BCUT2D eigenvalue weighted by molar-refractivity contribution is 14.1. The van der Waals surface area contributed by atoms with Gasteiger partial charge in [0.15, 0.2) is 0 Å². The standard InChI is InChI=1S/C12H12INO2/c1-3-7-14(4-2)12(16)9-5-6-10(13)11(15)8-9/h1,5-6,8,15H,4,7H2,2H3. The Bertz CT molecular complexity index is 437. The van der Waals surface area contributed by atoms with Crippen LogP contribution in [-0.4, -0.2) is 29.0 Å². The average molecular weight is 329 g/mol. The van der Waals surface area contributed by atoms with Gasteiger partial charge in [-0.05, 0) is 47.7 Å². The van der Waals surface area contributed by atoms with Gasteiger partial charge in [0, 0.05) is 12.1 Å². The molecule has 1 amide bonds. The van der Waals surface area contributed by atoms with E-state index in [-0.39, 0.29) is 18.2 Å². The first-order valence-electron chi connectivity index (χ1n) is 4.81. The largest absolute Gasteiger partial charge is 0.507 e. The molecule has 1 aromatic rings. The molecule has 0 heterocycles. The molecule has 0 spiro atoms. The zero-order chi connectivity index (χ0) is 12.1. The van der Waals surface area contributed by atoms with Crippen LogP contribution in [0.25, 0.3) is 0 Å². The summed E-state index contributed by atoms with van der Waals surface area (Å²) < 4.78 is 0.717. The van der Waals surface area contributed by atoms with Gasteiger partial charge in [-0.25, -0.2) is 0 Å². The smallest absolute Gasteiger partial charge is 0.254 e. The van der Waals surface area contributed by atoms with Crippen molar-refractivity contribution in [3.8, 4) is 18.1 Å². The molecule has 1 rings (SSSR count). The third-order valence-corrected chi connectivity index (χ3v) is 3.06. The van der Waals surface area contributed by atoms with E-state index in [0.717, 1.165) is 0 Å². The Balaban J connectivity index is 2.95. The van der Waals surface area contributed by atoms with Gasteiger partial charge in [-0.2, -0.15) is 0 Å². The second-order valence-electron chi connectivity index (χ2n) is 3.19. The fourth-order valence-corrected chi connectivity index (χ4v) is 1.60.